The van der Waals surface area contributed by atoms with Gasteiger partial charge in [0, 0.05) is 80.5 Å². The number of methoxy groups -OCH3 is 2. The maximum atomic E-state index is 14.9. The lowest BCUT2D eigenvalue weighted by molar-refractivity contribution is -0.295. The zero-order valence-corrected chi connectivity index (χ0v) is 72.0. The maximum Gasteiger partial charge on any atom is 0.420 e. The molecule has 5 aliphatic rings. The number of Topliss-reactive ketones (excluding diaryl/α,β-unsaturated/α-hetero) is 4. The third kappa shape index (κ3) is 20.2. The molecular formula is C86H128N8O21. The van der Waals surface area contributed by atoms with E-state index < -0.39 is 166 Å². The number of amides is 1. The number of pyridine rings is 1. The Morgan fingerprint density at radius 2 is 1.23 bits per heavy atom. The molecule has 8 heterocycles. The highest BCUT2D eigenvalue weighted by molar-refractivity contribution is 6.01. The predicted octanol–water partition coefficient (Wildman–Crippen LogP) is 11.4. The third-order valence-electron chi connectivity index (χ3n) is 24.9. The van der Waals surface area contributed by atoms with Gasteiger partial charge < -0.3 is 76.5 Å². The number of aliphatic hydroxyl groups is 1. The Bertz CT molecular complexity index is 4040. The summed E-state index contributed by atoms with van der Waals surface area (Å²) >= 11 is 0. The van der Waals surface area contributed by atoms with E-state index in [9.17, 15) is 48.3 Å². The topological polar surface area (TPSA) is 334 Å². The summed E-state index contributed by atoms with van der Waals surface area (Å²) in [6.45, 7) is 32.4. The van der Waals surface area contributed by atoms with Crippen LogP contribution in [0.4, 0.5) is 9.59 Å². The molecule has 4 aromatic rings. The van der Waals surface area contributed by atoms with Crippen molar-refractivity contribution in [3.8, 4) is 0 Å². The number of aromatic nitrogens is 5. The van der Waals surface area contributed by atoms with Crippen LogP contribution in [0.2, 0.25) is 0 Å². The van der Waals surface area contributed by atoms with Crippen LogP contribution in [0.5, 0.6) is 0 Å². The van der Waals surface area contributed by atoms with Gasteiger partial charge in [-0.2, -0.15) is 0 Å². The Labute approximate surface area is 678 Å². The summed E-state index contributed by atoms with van der Waals surface area (Å²) in [6.07, 6.45) is 2.18. The Balaban J connectivity index is 0.000000288. The van der Waals surface area contributed by atoms with Crippen molar-refractivity contribution in [2.75, 3.05) is 49.0 Å². The molecule has 5 aliphatic heterocycles. The smallest absolute Gasteiger partial charge is 0.420 e. The molecule has 0 bridgehead atoms. The second-order valence-electron chi connectivity index (χ2n) is 34.0. The van der Waals surface area contributed by atoms with Crippen molar-refractivity contribution in [3.63, 3.8) is 0 Å². The van der Waals surface area contributed by atoms with Gasteiger partial charge in [-0.3, -0.25) is 28.8 Å². The number of cyclic esters (lactones) is 2. The van der Waals surface area contributed by atoms with Crippen molar-refractivity contribution >= 4 is 64.4 Å². The van der Waals surface area contributed by atoms with Gasteiger partial charge in [0.25, 0.3) is 0 Å². The van der Waals surface area contributed by atoms with Gasteiger partial charge >= 0.3 is 30.1 Å². The quantitative estimate of drug-likeness (QED) is 0.0488. The van der Waals surface area contributed by atoms with Crippen LogP contribution in [-0.2, 0) is 86.4 Å². The molecule has 29 heteroatoms. The monoisotopic (exact) mass is 1610 g/mol. The van der Waals surface area contributed by atoms with E-state index in [1.54, 1.807) is 109 Å². The standard InChI is InChI=1S/C44H69N5O10.C42H59N3O11/c1-14-32-44(15-2)36(48(41(54)59-44)21-17-19-42(8,9)49-24-46-38-30(49)18-16-20-45-38)27(5)33(50)25(3)23-43(10,55-13)37(28(6)34(51)29(7)39(53)57-32)58-40-35(52)31(47(11)12)22-26(4)56-40;1-12-32-42(13-2,56-40(50)45-20-19-43-24-45)23-26(4)33(46)25(3)22-41(8,51-11)36(28(6)34(47)29(7)37(48)53-32)55-39-35(31(44(9)10)21-27(5)52-39)54-38(49)30-17-15-14-16-18-30/h16,18,20,24-29,31-32,35-37,40,52H,14-15,17,19,21-23H2,1-13H3;14-20,23-25,27-29,31-32,35-36,39H,12-13,21-22H2,1-11H3/b;26-23+/t25-,26-,27+,28+,29-,31+,32-,35-,36-,37-,40?,43+,44-;25-,27-,28+,29-,31+,32-,35-,36-,39?,41+,42+/m11/s1. The maximum absolute atomic E-state index is 14.9. The summed E-state index contributed by atoms with van der Waals surface area (Å²) in [6, 6.07) is 11.0. The summed E-state index contributed by atoms with van der Waals surface area (Å²) in [5.74, 6) is -10.2. The summed E-state index contributed by atoms with van der Waals surface area (Å²) in [7, 11) is 10.5. The second-order valence-corrected chi connectivity index (χ2v) is 34.0. The Hall–Kier alpha value is -7.74. The number of hydrogen-bond donors (Lipinski definition) is 1. The molecule has 29 nitrogen and oxygen atoms in total. The number of imidazole rings is 2. The van der Waals surface area contributed by atoms with Crippen LogP contribution in [0.3, 0.4) is 0 Å². The molecule has 4 saturated heterocycles. The van der Waals surface area contributed by atoms with E-state index >= 15 is 0 Å². The van der Waals surface area contributed by atoms with Crippen LogP contribution in [0.15, 0.2) is 85.4 Å². The molecule has 1 amide bonds. The normalized spacial score (nSPS) is 35.7. The molecule has 638 valence electrons. The van der Waals surface area contributed by atoms with Crippen molar-refractivity contribution < 1.29 is 100 Å². The van der Waals surface area contributed by atoms with E-state index in [0.717, 1.165) is 10.1 Å². The number of aliphatic hydroxyl groups excluding tert-OH is 1. The van der Waals surface area contributed by atoms with Gasteiger partial charge in [-0.25, -0.2) is 33.9 Å². The molecule has 2 unspecified atom stereocenters. The summed E-state index contributed by atoms with van der Waals surface area (Å²) in [5.41, 5.74) is -3.75. The zero-order valence-electron chi connectivity index (χ0n) is 72.0. The fourth-order valence-electron chi connectivity index (χ4n) is 18.0. The molecule has 0 spiro atoms. The third-order valence-corrected chi connectivity index (χ3v) is 24.9. The van der Waals surface area contributed by atoms with E-state index in [1.165, 1.54) is 46.8 Å². The van der Waals surface area contributed by atoms with Gasteiger partial charge in [0.1, 0.15) is 42.3 Å². The minimum Gasteiger partial charge on any atom is -0.457 e. The number of fused-ring (bicyclic) bond motifs is 2. The Morgan fingerprint density at radius 3 is 1.77 bits per heavy atom. The van der Waals surface area contributed by atoms with Crippen LogP contribution in [0, 0.1) is 41.4 Å². The molecule has 115 heavy (non-hydrogen) atoms. The lowest BCUT2D eigenvalue weighted by Crippen LogP contribution is -2.61. The number of likely N-dealkylation sites (N-methyl/N-ethyl adjacent to an activating group) is 2. The second kappa shape index (κ2) is 38.8. The van der Waals surface area contributed by atoms with E-state index in [1.807, 2.05) is 91.7 Å². The molecule has 1 N–H and O–H groups in total. The number of carbonyl (C=O) groups excluding carboxylic acids is 9. The summed E-state index contributed by atoms with van der Waals surface area (Å²) in [4.78, 5) is 145. The molecule has 1 aromatic carbocycles. The molecule has 24 atom stereocenters. The van der Waals surface area contributed by atoms with E-state index in [-0.39, 0.29) is 86.5 Å². The Morgan fingerprint density at radius 1 is 0.670 bits per heavy atom. The zero-order chi connectivity index (χ0) is 85.3. The first kappa shape index (κ1) is 92.8. The van der Waals surface area contributed by atoms with Crippen LogP contribution in [0.1, 0.15) is 199 Å². The molecule has 3 aromatic heterocycles. The number of hydrogen-bond acceptors (Lipinski definition) is 26. The van der Waals surface area contributed by atoms with Crippen molar-refractivity contribution in [1.29, 1.82) is 0 Å². The molecule has 0 aliphatic carbocycles. The average molecular weight is 1610 g/mol. The minimum absolute atomic E-state index is 0.0770. The fourth-order valence-corrected chi connectivity index (χ4v) is 18.0. The highest BCUT2D eigenvalue weighted by Gasteiger charge is 2.63. The van der Waals surface area contributed by atoms with Gasteiger partial charge in [-0.1, -0.05) is 80.5 Å². The van der Waals surface area contributed by atoms with E-state index in [0.29, 0.717) is 36.9 Å². The van der Waals surface area contributed by atoms with Crippen molar-refractivity contribution in [3.05, 3.63) is 90.9 Å². The molecule has 4 fully saturated rings. The lowest BCUT2D eigenvalue weighted by Gasteiger charge is -2.47. The largest absolute Gasteiger partial charge is 0.457 e. The van der Waals surface area contributed by atoms with Crippen LogP contribution in [-0.4, -0.2) is 248 Å². The molecule has 0 saturated carbocycles. The van der Waals surface area contributed by atoms with Gasteiger partial charge in [-0.05, 0) is 191 Å². The van der Waals surface area contributed by atoms with Crippen molar-refractivity contribution in [2.24, 2.45) is 41.4 Å². The lowest BCUT2D eigenvalue weighted by atomic mass is 9.72. The number of allylic oxidation sites excluding steroid dienone is 1. The van der Waals surface area contributed by atoms with Crippen LogP contribution >= 0.6 is 0 Å². The summed E-state index contributed by atoms with van der Waals surface area (Å²) in [5, 5.41) is 11.5. The predicted molar refractivity (Wildman–Crippen MR) is 426 cm³/mol. The van der Waals surface area contributed by atoms with Crippen molar-refractivity contribution in [1.82, 2.24) is 38.8 Å². The van der Waals surface area contributed by atoms with Crippen LogP contribution in [0.25, 0.3) is 11.2 Å². The minimum atomic E-state index is -1.57. The number of carbonyl (C=O) groups is 9. The highest BCUT2D eigenvalue weighted by Crippen LogP contribution is 2.47. The SMILES string of the molecule is CC[C@H]1OC(=O)[C@H](C)C(=O)[C@H](C)[C@@H](OC2O[C@H](C)C[C@H](N(C)C)[C@H]2O)[C@@](C)(OC)C[C@@H](C)C(=O)[C@H](C)[C@H]2N(CCCC(C)(C)n3cnc4ncccc43)C(=O)O[C@]12CC.CC[C@H]1OC(=O)[C@H](C)C(=O)[C@H](C)[C@@H](OC2O[C@H](C)C[C@H](N(C)C)[C@H]2OC(=O)c2ccccc2)[C@@](C)(OC)C[C@@H](C)C(=O)/C(C)=C/[C@]1(CC)OC(=O)n1ccnc1. The van der Waals surface area contributed by atoms with E-state index in [2.05, 4.69) is 33.4 Å². The molecule has 0 radical (unpaired) electrons. The summed E-state index contributed by atoms with van der Waals surface area (Å²) < 4.78 is 72.5. The first-order chi connectivity index (χ1) is 54.1. The van der Waals surface area contributed by atoms with Gasteiger partial charge in [0.15, 0.2) is 52.9 Å². The van der Waals surface area contributed by atoms with E-state index in [4.69, 9.17) is 52.1 Å². The van der Waals surface area contributed by atoms with Crippen molar-refractivity contribution in [2.45, 2.75) is 296 Å². The fraction of sp³-hybridized carbons (Fsp3) is 0.698. The molecule has 9 rings (SSSR count). The number of nitrogens with zero attached hydrogens (tertiary/aromatic N) is 8. The Kier molecular flexibility index (Phi) is 31.3. The number of benzene rings is 1. The number of ketones is 4. The first-order valence-electron chi connectivity index (χ1n) is 40.8. The molecular weight excluding hydrogens is 1480 g/mol. The highest BCUT2D eigenvalue weighted by atomic mass is 16.7. The number of esters is 3. The average Bonchev–Trinajstić information content (AvgIpc) is 1.60. The van der Waals surface area contributed by atoms with Gasteiger partial charge in [0.05, 0.1) is 65.1 Å². The number of rotatable bonds is 20. The van der Waals surface area contributed by atoms with Gasteiger partial charge in [0.2, 0.25) is 0 Å². The van der Waals surface area contributed by atoms with Crippen LogP contribution < -0.4 is 0 Å². The van der Waals surface area contributed by atoms with Gasteiger partial charge in [-0.15, -0.1) is 0 Å². The number of ether oxygens (including phenoxy) is 11. The first-order valence-corrected chi connectivity index (χ1v) is 40.8.